The van der Waals surface area contributed by atoms with Gasteiger partial charge in [-0.25, -0.2) is 4.79 Å². The third-order valence-corrected chi connectivity index (χ3v) is 1.43. The minimum Gasteiger partial charge on any atom is -0.478 e. The lowest BCUT2D eigenvalue weighted by atomic mass is 10.1. The van der Waals surface area contributed by atoms with Gasteiger partial charge in [-0.2, -0.15) is 0 Å². The van der Waals surface area contributed by atoms with E-state index in [9.17, 15) is 9.59 Å². The summed E-state index contributed by atoms with van der Waals surface area (Å²) in [6.07, 6.45) is 2.51. The van der Waals surface area contributed by atoms with Crippen LogP contribution in [-0.4, -0.2) is 16.1 Å². The molecule has 0 bridgehead atoms. The Kier molecular flexibility index (Phi) is 2.09. The molecule has 0 unspecified atom stereocenters. The van der Waals surface area contributed by atoms with Gasteiger partial charge < -0.3 is 10.1 Å². The Morgan fingerprint density at radius 1 is 1.67 bits per heavy atom. The Labute approximate surface area is 68.2 Å². The van der Waals surface area contributed by atoms with Crippen LogP contribution in [0.5, 0.6) is 0 Å². The van der Waals surface area contributed by atoms with E-state index in [-0.39, 0.29) is 11.1 Å². The predicted molar refractivity (Wildman–Crippen MR) is 44.1 cm³/mol. The van der Waals surface area contributed by atoms with E-state index in [0.717, 1.165) is 0 Å². The molecule has 62 valence electrons. The molecule has 12 heavy (non-hydrogen) atoms. The maximum Gasteiger partial charge on any atom is 0.336 e. The van der Waals surface area contributed by atoms with Crippen molar-refractivity contribution >= 4 is 12.0 Å². The molecule has 0 saturated heterocycles. The highest BCUT2D eigenvalue weighted by Crippen LogP contribution is 2.02. The van der Waals surface area contributed by atoms with Crippen molar-refractivity contribution in [3.05, 3.63) is 40.3 Å². The van der Waals surface area contributed by atoms with Gasteiger partial charge in [-0.3, -0.25) is 4.79 Å². The highest BCUT2D eigenvalue weighted by molar-refractivity contribution is 5.91. The van der Waals surface area contributed by atoms with Crippen LogP contribution in [0.4, 0.5) is 0 Å². The Balaban J connectivity index is 3.48. The first-order chi connectivity index (χ1) is 5.66. The standard InChI is InChI=1S/C8H7NO3/c1-2-5-6(8(11)12)3-4-9-7(5)10/h2-4H,1H2,(H,9,10)(H,11,12). The van der Waals surface area contributed by atoms with Crippen LogP contribution in [0.15, 0.2) is 23.6 Å². The van der Waals surface area contributed by atoms with Crippen LogP contribution in [0.1, 0.15) is 15.9 Å². The topological polar surface area (TPSA) is 70.2 Å². The molecule has 0 atom stereocenters. The van der Waals surface area contributed by atoms with Crippen LogP contribution in [0.25, 0.3) is 6.08 Å². The summed E-state index contributed by atoms with van der Waals surface area (Å²) in [5.41, 5.74) is -0.386. The largest absolute Gasteiger partial charge is 0.478 e. The van der Waals surface area contributed by atoms with E-state index in [1.54, 1.807) is 0 Å². The maximum atomic E-state index is 11.0. The Morgan fingerprint density at radius 2 is 2.33 bits per heavy atom. The van der Waals surface area contributed by atoms with Gasteiger partial charge in [0.25, 0.3) is 5.56 Å². The van der Waals surface area contributed by atoms with Crippen molar-refractivity contribution in [2.75, 3.05) is 0 Å². The summed E-state index contributed by atoms with van der Waals surface area (Å²) in [6, 6.07) is 1.32. The van der Waals surface area contributed by atoms with Gasteiger partial charge in [0.1, 0.15) is 0 Å². The van der Waals surface area contributed by atoms with E-state index < -0.39 is 11.5 Å². The number of carbonyl (C=O) groups is 1. The van der Waals surface area contributed by atoms with E-state index in [1.807, 2.05) is 0 Å². The van der Waals surface area contributed by atoms with Crippen molar-refractivity contribution in [2.24, 2.45) is 0 Å². The number of H-pyrrole nitrogens is 1. The molecule has 4 heteroatoms. The van der Waals surface area contributed by atoms with E-state index in [4.69, 9.17) is 5.11 Å². The second-order valence-electron chi connectivity index (χ2n) is 2.14. The summed E-state index contributed by atoms with van der Waals surface area (Å²) in [4.78, 5) is 23.9. The van der Waals surface area contributed by atoms with Crippen molar-refractivity contribution in [1.29, 1.82) is 0 Å². The van der Waals surface area contributed by atoms with Crippen LogP contribution in [0.2, 0.25) is 0 Å². The molecular formula is C8H7NO3. The first kappa shape index (κ1) is 8.26. The van der Waals surface area contributed by atoms with Gasteiger partial charge >= 0.3 is 5.97 Å². The Morgan fingerprint density at radius 3 is 2.75 bits per heavy atom. The van der Waals surface area contributed by atoms with Gasteiger partial charge in [-0.15, -0.1) is 0 Å². The molecule has 0 amide bonds. The Hall–Kier alpha value is -1.84. The summed E-state index contributed by atoms with van der Waals surface area (Å²) in [7, 11) is 0. The van der Waals surface area contributed by atoms with Gasteiger partial charge in [0.05, 0.1) is 11.1 Å². The van der Waals surface area contributed by atoms with E-state index >= 15 is 0 Å². The number of hydrogen-bond acceptors (Lipinski definition) is 2. The molecule has 0 fully saturated rings. The summed E-state index contributed by atoms with van der Waals surface area (Å²) in [5.74, 6) is -1.13. The average Bonchev–Trinajstić information content (AvgIpc) is 2.03. The maximum absolute atomic E-state index is 11.0. The Bertz CT molecular complexity index is 378. The second-order valence-corrected chi connectivity index (χ2v) is 2.14. The van der Waals surface area contributed by atoms with Crippen molar-refractivity contribution in [2.45, 2.75) is 0 Å². The zero-order valence-corrected chi connectivity index (χ0v) is 6.20. The molecule has 1 rings (SSSR count). The number of aromatic nitrogens is 1. The number of carboxylic acids is 1. The van der Waals surface area contributed by atoms with Gasteiger partial charge in [0.15, 0.2) is 0 Å². The fourth-order valence-corrected chi connectivity index (χ4v) is 0.880. The molecule has 1 heterocycles. The van der Waals surface area contributed by atoms with Crippen molar-refractivity contribution < 1.29 is 9.90 Å². The molecule has 0 spiro atoms. The van der Waals surface area contributed by atoms with Crippen LogP contribution >= 0.6 is 0 Å². The summed E-state index contributed by atoms with van der Waals surface area (Å²) < 4.78 is 0. The normalized spacial score (nSPS) is 9.33. The van der Waals surface area contributed by atoms with Gasteiger partial charge in [0.2, 0.25) is 0 Å². The zero-order chi connectivity index (χ0) is 9.14. The zero-order valence-electron chi connectivity index (χ0n) is 6.20. The number of rotatable bonds is 2. The third-order valence-electron chi connectivity index (χ3n) is 1.43. The number of carboxylic acid groups (broad SMARTS) is 1. The number of pyridine rings is 1. The van der Waals surface area contributed by atoms with E-state index in [2.05, 4.69) is 11.6 Å². The molecule has 1 aromatic rings. The smallest absolute Gasteiger partial charge is 0.336 e. The van der Waals surface area contributed by atoms with Crippen molar-refractivity contribution in [1.82, 2.24) is 4.98 Å². The molecule has 1 aromatic heterocycles. The number of aromatic amines is 1. The number of nitrogens with one attached hydrogen (secondary N) is 1. The van der Waals surface area contributed by atoms with E-state index in [1.165, 1.54) is 18.3 Å². The number of hydrogen-bond donors (Lipinski definition) is 2. The minimum absolute atomic E-state index is 0.0336. The molecule has 0 aliphatic rings. The quantitative estimate of drug-likeness (QED) is 0.678. The molecule has 0 saturated carbocycles. The first-order valence-corrected chi connectivity index (χ1v) is 3.24. The van der Waals surface area contributed by atoms with Crippen LogP contribution in [-0.2, 0) is 0 Å². The molecule has 0 aliphatic carbocycles. The first-order valence-electron chi connectivity index (χ1n) is 3.24. The van der Waals surface area contributed by atoms with Gasteiger partial charge in [-0.05, 0) is 6.07 Å². The summed E-state index contributed by atoms with van der Waals surface area (Å²) in [6.45, 7) is 3.35. The lowest BCUT2D eigenvalue weighted by Gasteiger charge is -1.96. The fourth-order valence-electron chi connectivity index (χ4n) is 0.880. The van der Waals surface area contributed by atoms with Gasteiger partial charge in [-0.1, -0.05) is 12.7 Å². The van der Waals surface area contributed by atoms with Crippen molar-refractivity contribution in [3.63, 3.8) is 0 Å². The summed E-state index contributed by atoms with van der Waals surface area (Å²) in [5, 5.41) is 8.62. The van der Waals surface area contributed by atoms with Crippen LogP contribution in [0.3, 0.4) is 0 Å². The van der Waals surface area contributed by atoms with Gasteiger partial charge in [0, 0.05) is 6.20 Å². The molecule has 0 aliphatic heterocycles. The lowest BCUT2D eigenvalue weighted by molar-refractivity contribution is 0.0696. The molecule has 2 N–H and O–H groups in total. The highest BCUT2D eigenvalue weighted by Gasteiger charge is 2.09. The lowest BCUT2D eigenvalue weighted by Crippen LogP contribution is -2.14. The molecule has 0 aromatic carbocycles. The summed E-state index contributed by atoms with van der Waals surface area (Å²) >= 11 is 0. The third kappa shape index (κ3) is 1.27. The fraction of sp³-hybridized carbons (Fsp3) is 0. The SMILES string of the molecule is C=Cc1c(C(=O)O)cc[nH]c1=O. The van der Waals surface area contributed by atoms with Crippen LogP contribution < -0.4 is 5.56 Å². The molecular weight excluding hydrogens is 158 g/mol. The highest BCUT2D eigenvalue weighted by atomic mass is 16.4. The molecule has 0 radical (unpaired) electrons. The molecule has 4 nitrogen and oxygen atoms in total. The van der Waals surface area contributed by atoms with E-state index in [0.29, 0.717) is 0 Å². The van der Waals surface area contributed by atoms with Crippen LogP contribution in [0, 0.1) is 0 Å². The van der Waals surface area contributed by atoms with Crippen molar-refractivity contribution in [3.8, 4) is 0 Å². The predicted octanol–water partition coefficient (Wildman–Crippen LogP) is 0.716. The average molecular weight is 165 g/mol. The monoisotopic (exact) mass is 165 g/mol. The second kappa shape index (κ2) is 3.04. The minimum atomic E-state index is -1.13. The number of aromatic carboxylic acids is 1.